The van der Waals surface area contributed by atoms with Crippen LogP contribution in [-0.2, 0) is 19.3 Å². The third-order valence-corrected chi connectivity index (χ3v) is 5.97. The van der Waals surface area contributed by atoms with Crippen LogP contribution in [0.3, 0.4) is 0 Å². The summed E-state index contributed by atoms with van der Waals surface area (Å²) in [4.78, 5) is 5.00. The molecule has 32 heavy (non-hydrogen) atoms. The van der Waals surface area contributed by atoms with Gasteiger partial charge in [0, 0.05) is 17.5 Å². The van der Waals surface area contributed by atoms with Crippen LogP contribution < -0.4 is 0 Å². The summed E-state index contributed by atoms with van der Waals surface area (Å²) in [5, 5.41) is 9.06. The van der Waals surface area contributed by atoms with Gasteiger partial charge in [-0.15, -0.1) is 5.10 Å². The van der Waals surface area contributed by atoms with E-state index in [-0.39, 0.29) is 0 Å². The van der Waals surface area contributed by atoms with Crippen molar-refractivity contribution in [2.45, 2.75) is 33.1 Å². The van der Waals surface area contributed by atoms with Gasteiger partial charge in [0.15, 0.2) is 0 Å². The minimum absolute atomic E-state index is 0.693. The van der Waals surface area contributed by atoms with Crippen molar-refractivity contribution in [1.82, 2.24) is 19.8 Å². The highest BCUT2D eigenvalue weighted by molar-refractivity contribution is 5.79. The SMILES string of the molecule is CCc1ccc(Cc2nc(-c3ccccc3)cc3c(-c4ccc(CC)cc4)nnn23)cc1. The molecule has 0 radical (unpaired) electrons. The van der Waals surface area contributed by atoms with E-state index in [0.717, 1.165) is 46.7 Å². The number of benzene rings is 3. The van der Waals surface area contributed by atoms with Crippen molar-refractivity contribution in [3.63, 3.8) is 0 Å². The maximum Gasteiger partial charge on any atom is 0.137 e. The maximum atomic E-state index is 5.00. The Hall–Kier alpha value is -3.79. The van der Waals surface area contributed by atoms with E-state index in [1.807, 2.05) is 22.7 Å². The van der Waals surface area contributed by atoms with Crippen LogP contribution in [0.5, 0.6) is 0 Å². The Kier molecular flexibility index (Phi) is 5.51. The molecule has 0 fully saturated rings. The van der Waals surface area contributed by atoms with E-state index >= 15 is 0 Å². The van der Waals surface area contributed by atoms with Crippen molar-refractivity contribution < 1.29 is 0 Å². The monoisotopic (exact) mass is 418 g/mol. The lowest BCUT2D eigenvalue weighted by molar-refractivity contribution is 0.776. The molecule has 5 rings (SSSR count). The summed E-state index contributed by atoms with van der Waals surface area (Å²) in [6.45, 7) is 4.34. The Bertz CT molecular complexity index is 1330. The van der Waals surface area contributed by atoms with Gasteiger partial charge in [0.25, 0.3) is 0 Å². The third-order valence-electron chi connectivity index (χ3n) is 5.97. The number of fused-ring (bicyclic) bond motifs is 1. The van der Waals surface area contributed by atoms with Crippen LogP contribution in [0.15, 0.2) is 84.9 Å². The molecule has 4 heteroatoms. The van der Waals surface area contributed by atoms with Crippen molar-refractivity contribution in [1.29, 1.82) is 0 Å². The van der Waals surface area contributed by atoms with Crippen LogP contribution >= 0.6 is 0 Å². The summed E-state index contributed by atoms with van der Waals surface area (Å²) in [6, 6.07) is 29.7. The fourth-order valence-electron chi connectivity index (χ4n) is 4.01. The number of rotatable bonds is 6. The molecule has 0 aliphatic heterocycles. The van der Waals surface area contributed by atoms with Crippen LogP contribution in [-0.4, -0.2) is 19.8 Å². The van der Waals surface area contributed by atoms with Gasteiger partial charge in [-0.3, -0.25) is 0 Å². The molecule has 0 aliphatic rings. The molecular formula is C28H26N4. The molecule has 0 bridgehead atoms. The van der Waals surface area contributed by atoms with Gasteiger partial charge < -0.3 is 0 Å². The first-order valence-electron chi connectivity index (χ1n) is 11.2. The van der Waals surface area contributed by atoms with Gasteiger partial charge in [-0.1, -0.05) is 97.9 Å². The number of nitrogens with zero attached hydrogens (tertiary/aromatic N) is 4. The lowest BCUT2D eigenvalue weighted by Gasteiger charge is -2.09. The zero-order chi connectivity index (χ0) is 21.9. The van der Waals surface area contributed by atoms with Gasteiger partial charge in [0.2, 0.25) is 0 Å². The number of aromatic nitrogens is 4. The van der Waals surface area contributed by atoms with E-state index in [9.17, 15) is 0 Å². The quantitative estimate of drug-likeness (QED) is 0.331. The highest BCUT2D eigenvalue weighted by Crippen LogP contribution is 2.27. The second kappa shape index (κ2) is 8.75. The zero-order valence-electron chi connectivity index (χ0n) is 18.5. The maximum absolute atomic E-state index is 5.00. The molecule has 0 spiro atoms. The van der Waals surface area contributed by atoms with Crippen LogP contribution in [0.2, 0.25) is 0 Å². The largest absolute Gasteiger partial charge is 0.232 e. The second-order valence-electron chi connectivity index (χ2n) is 8.06. The summed E-state index contributed by atoms with van der Waals surface area (Å²) in [7, 11) is 0. The molecule has 0 saturated heterocycles. The summed E-state index contributed by atoms with van der Waals surface area (Å²) >= 11 is 0. The van der Waals surface area contributed by atoms with Gasteiger partial charge >= 0.3 is 0 Å². The lowest BCUT2D eigenvalue weighted by Crippen LogP contribution is -2.05. The van der Waals surface area contributed by atoms with Gasteiger partial charge in [-0.05, 0) is 35.6 Å². The smallest absolute Gasteiger partial charge is 0.137 e. The molecule has 2 heterocycles. The Labute approximate surface area is 188 Å². The Balaban J connectivity index is 1.65. The van der Waals surface area contributed by atoms with E-state index < -0.39 is 0 Å². The Morgan fingerprint density at radius 2 is 1.31 bits per heavy atom. The summed E-state index contributed by atoms with van der Waals surface area (Å²) < 4.78 is 1.89. The number of hydrogen-bond acceptors (Lipinski definition) is 3. The van der Waals surface area contributed by atoms with Crippen LogP contribution in [0.1, 0.15) is 36.4 Å². The van der Waals surface area contributed by atoms with Crippen molar-refractivity contribution in [3.05, 3.63) is 107 Å². The van der Waals surface area contributed by atoms with Gasteiger partial charge in [0.1, 0.15) is 11.5 Å². The summed E-state index contributed by atoms with van der Waals surface area (Å²) in [6.07, 6.45) is 2.75. The summed E-state index contributed by atoms with van der Waals surface area (Å²) in [5.74, 6) is 0.884. The van der Waals surface area contributed by atoms with Gasteiger partial charge in [0.05, 0.1) is 11.2 Å². The normalized spacial score (nSPS) is 11.2. The Morgan fingerprint density at radius 1 is 0.688 bits per heavy atom. The fourth-order valence-corrected chi connectivity index (χ4v) is 4.01. The van der Waals surface area contributed by atoms with Crippen LogP contribution in [0.4, 0.5) is 0 Å². The standard InChI is InChI=1S/C28H26N4/c1-3-20-10-12-22(13-11-20)18-27-29-25(23-8-6-5-7-9-23)19-26-28(30-31-32(26)27)24-16-14-21(4-2)15-17-24/h5-17,19H,3-4,18H2,1-2H3. The molecule has 5 aromatic rings. The molecule has 0 aliphatic carbocycles. The minimum Gasteiger partial charge on any atom is -0.232 e. The van der Waals surface area contributed by atoms with E-state index in [0.29, 0.717) is 6.42 Å². The molecule has 158 valence electrons. The molecule has 0 saturated carbocycles. The molecule has 0 unspecified atom stereocenters. The van der Waals surface area contributed by atoms with Crippen molar-refractivity contribution in [2.24, 2.45) is 0 Å². The first-order chi connectivity index (χ1) is 15.7. The third kappa shape index (κ3) is 3.92. The molecule has 0 amide bonds. The molecule has 3 aromatic carbocycles. The minimum atomic E-state index is 0.693. The first kappa shape index (κ1) is 20.1. The molecule has 0 atom stereocenters. The highest BCUT2D eigenvalue weighted by Gasteiger charge is 2.16. The van der Waals surface area contributed by atoms with E-state index in [4.69, 9.17) is 4.98 Å². The average molecular weight is 419 g/mol. The number of aryl methyl sites for hydroxylation is 2. The first-order valence-corrected chi connectivity index (χ1v) is 11.2. The summed E-state index contributed by atoms with van der Waals surface area (Å²) in [5.41, 5.74) is 8.82. The fraction of sp³-hybridized carbons (Fsp3) is 0.179. The van der Waals surface area contributed by atoms with E-state index in [2.05, 4.69) is 90.9 Å². The number of hydrogen-bond donors (Lipinski definition) is 0. The zero-order valence-corrected chi connectivity index (χ0v) is 18.5. The van der Waals surface area contributed by atoms with E-state index in [1.54, 1.807) is 0 Å². The predicted molar refractivity (Wildman–Crippen MR) is 130 cm³/mol. The highest BCUT2D eigenvalue weighted by atomic mass is 15.4. The lowest BCUT2D eigenvalue weighted by atomic mass is 10.0. The van der Waals surface area contributed by atoms with Gasteiger partial charge in [-0.2, -0.15) is 4.52 Å². The van der Waals surface area contributed by atoms with Crippen LogP contribution in [0, 0.1) is 0 Å². The molecule has 0 N–H and O–H groups in total. The van der Waals surface area contributed by atoms with E-state index in [1.165, 1.54) is 16.7 Å². The van der Waals surface area contributed by atoms with Crippen molar-refractivity contribution >= 4 is 5.52 Å². The van der Waals surface area contributed by atoms with Crippen molar-refractivity contribution in [3.8, 4) is 22.5 Å². The second-order valence-corrected chi connectivity index (χ2v) is 8.06. The van der Waals surface area contributed by atoms with Crippen LogP contribution in [0.25, 0.3) is 28.0 Å². The van der Waals surface area contributed by atoms with Gasteiger partial charge in [-0.25, -0.2) is 4.98 Å². The van der Waals surface area contributed by atoms with Crippen molar-refractivity contribution in [2.75, 3.05) is 0 Å². The predicted octanol–water partition coefficient (Wildman–Crippen LogP) is 6.17. The average Bonchev–Trinajstić information content (AvgIpc) is 3.29. The molecular weight excluding hydrogens is 392 g/mol. The molecule has 4 nitrogen and oxygen atoms in total. The molecule has 2 aromatic heterocycles. The Morgan fingerprint density at radius 3 is 1.97 bits per heavy atom. The topological polar surface area (TPSA) is 43.1 Å².